The van der Waals surface area contributed by atoms with Gasteiger partial charge in [-0.3, -0.25) is 9.36 Å². The number of hydrogen-bond donors (Lipinski definition) is 1. The second-order valence-electron chi connectivity index (χ2n) is 4.84. The lowest BCUT2D eigenvalue weighted by atomic mass is 9.94. The quantitative estimate of drug-likeness (QED) is 0.835. The van der Waals surface area contributed by atoms with Crippen molar-refractivity contribution in [1.82, 2.24) is 4.57 Å². The minimum absolute atomic E-state index is 0.0793. The summed E-state index contributed by atoms with van der Waals surface area (Å²) in [4.78, 5) is 11.8. The Morgan fingerprint density at radius 3 is 2.06 bits per heavy atom. The van der Waals surface area contributed by atoms with Crippen LogP contribution in [0.5, 0.6) is 0 Å². The highest BCUT2D eigenvalue weighted by atomic mass is 16.1. The zero-order valence-electron chi connectivity index (χ0n) is 11.2. The van der Waals surface area contributed by atoms with Gasteiger partial charge in [-0.05, 0) is 49.1 Å². The molecule has 3 nitrogen and oxygen atoms in total. The van der Waals surface area contributed by atoms with Crippen molar-refractivity contribution in [2.75, 3.05) is 5.73 Å². The molecule has 3 heteroatoms. The lowest BCUT2D eigenvalue weighted by molar-refractivity contribution is 0.876. The number of hydrogen-bond acceptors (Lipinski definition) is 2. The van der Waals surface area contributed by atoms with E-state index in [9.17, 15) is 4.79 Å². The van der Waals surface area contributed by atoms with Gasteiger partial charge in [0.1, 0.15) is 5.82 Å². The molecule has 0 spiro atoms. The summed E-state index contributed by atoms with van der Waals surface area (Å²) in [7, 11) is 1.68. The van der Waals surface area contributed by atoms with Gasteiger partial charge in [-0.1, -0.05) is 17.7 Å². The molecule has 0 radical (unpaired) electrons. The lowest BCUT2D eigenvalue weighted by Crippen LogP contribution is -2.18. The topological polar surface area (TPSA) is 48.0 Å². The smallest absolute Gasteiger partial charge is 0.252 e. The summed E-state index contributed by atoms with van der Waals surface area (Å²) in [6, 6.07) is 7.74. The zero-order valence-corrected chi connectivity index (χ0v) is 11.2. The molecule has 0 saturated carbocycles. The monoisotopic (exact) mass is 242 g/mol. The molecule has 2 rings (SSSR count). The van der Waals surface area contributed by atoms with Gasteiger partial charge in [0, 0.05) is 13.1 Å². The van der Waals surface area contributed by atoms with Crippen molar-refractivity contribution < 1.29 is 0 Å². The molecule has 0 atom stereocenters. The first kappa shape index (κ1) is 12.4. The lowest BCUT2D eigenvalue weighted by Gasteiger charge is -2.13. The third-order valence-corrected chi connectivity index (χ3v) is 3.27. The maximum Gasteiger partial charge on any atom is 0.252 e. The van der Waals surface area contributed by atoms with E-state index in [1.54, 1.807) is 13.1 Å². The highest BCUT2D eigenvalue weighted by molar-refractivity contribution is 5.72. The molecular formula is C15H18N2O. The van der Waals surface area contributed by atoms with Crippen LogP contribution in [0, 0.1) is 20.8 Å². The number of anilines is 1. The molecule has 0 aliphatic carbocycles. The summed E-state index contributed by atoms with van der Waals surface area (Å²) in [6.07, 6.45) is 0. The van der Waals surface area contributed by atoms with Gasteiger partial charge in [-0.2, -0.15) is 0 Å². The van der Waals surface area contributed by atoms with Gasteiger partial charge in [0.2, 0.25) is 0 Å². The van der Waals surface area contributed by atoms with Crippen LogP contribution in [0.25, 0.3) is 11.1 Å². The Labute approximate surface area is 107 Å². The van der Waals surface area contributed by atoms with Crippen molar-refractivity contribution in [2.45, 2.75) is 20.8 Å². The van der Waals surface area contributed by atoms with Crippen LogP contribution >= 0.6 is 0 Å². The largest absolute Gasteiger partial charge is 0.385 e. The van der Waals surface area contributed by atoms with E-state index in [-0.39, 0.29) is 5.56 Å². The number of nitrogen functional groups attached to an aromatic ring is 1. The average molecular weight is 242 g/mol. The maximum atomic E-state index is 11.8. The van der Waals surface area contributed by atoms with E-state index in [2.05, 4.69) is 32.9 Å². The van der Waals surface area contributed by atoms with E-state index >= 15 is 0 Å². The van der Waals surface area contributed by atoms with Crippen molar-refractivity contribution in [3.63, 3.8) is 0 Å². The van der Waals surface area contributed by atoms with Crippen LogP contribution in [-0.2, 0) is 7.05 Å². The molecule has 0 bridgehead atoms. The average Bonchev–Trinajstić information content (AvgIpc) is 2.24. The summed E-state index contributed by atoms with van der Waals surface area (Å²) in [5.41, 5.74) is 11.3. The molecule has 0 unspecified atom stereocenters. The second kappa shape index (κ2) is 4.33. The van der Waals surface area contributed by atoms with Gasteiger partial charge in [0.15, 0.2) is 0 Å². The molecule has 0 fully saturated rings. The van der Waals surface area contributed by atoms with Gasteiger partial charge in [0.25, 0.3) is 5.56 Å². The molecule has 1 aromatic carbocycles. The van der Waals surface area contributed by atoms with Gasteiger partial charge in [-0.15, -0.1) is 0 Å². The minimum atomic E-state index is -0.0793. The van der Waals surface area contributed by atoms with Crippen LogP contribution in [0.1, 0.15) is 16.7 Å². The Morgan fingerprint density at radius 2 is 1.56 bits per heavy atom. The molecule has 2 N–H and O–H groups in total. The number of nitrogens with two attached hydrogens (primary N) is 1. The minimum Gasteiger partial charge on any atom is -0.385 e. The summed E-state index contributed by atoms with van der Waals surface area (Å²) in [5, 5.41) is 0. The van der Waals surface area contributed by atoms with Crippen molar-refractivity contribution >= 4 is 5.82 Å². The maximum absolute atomic E-state index is 11.8. The first-order chi connectivity index (χ1) is 8.40. The number of nitrogens with zero attached hydrogens (tertiary/aromatic N) is 1. The Bertz CT molecular complexity index is 646. The normalized spacial score (nSPS) is 10.7. The molecule has 1 aromatic heterocycles. The Kier molecular flexibility index (Phi) is 2.99. The van der Waals surface area contributed by atoms with E-state index in [1.807, 2.05) is 6.07 Å². The van der Waals surface area contributed by atoms with E-state index in [0.29, 0.717) is 5.82 Å². The highest BCUT2D eigenvalue weighted by Gasteiger charge is 2.09. The van der Waals surface area contributed by atoms with Crippen LogP contribution in [0.2, 0.25) is 0 Å². The predicted octanol–water partition coefficient (Wildman–Crippen LogP) is 2.56. The molecule has 0 amide bonds. The molecule has 94 valence electrons. The molecule has 0 saturated heterocycles. The Hall–Kier alpha value is -2.03. The first-order valence-corrected chi connectivity index (χ1v) is 5.95. The molecule has 0 aliphatic rings. The molecular weight excluding hydrogens is 224 g/mol. The fraction of sp³-hybridized carbons (Fsp3) is 0.267. The van der Waals surface area contributed by atoms with E-state index < -0.39 is 0 Å². The standard InChI is InChI=1S/C15H18N2O/c1-9-5-10(2)15(11(3)6-9)12-7-13(16)17(4)14(18)8-12/h5-8H,16H2,1-4H3. The Balaban J connectivity index is 2.74. The summed E-state index contributed by atoms with van der Waals surface area (Å²) < 4.78 is 1.45. The van der Waals surface area contributed by atoms with Crippen LogP contribution in [0.4, 0.5) is 5.82 Å². The van der Waals surface area contributed by atoms with E-state index in [4.69, 9.17) is 5.73 Å². The summed E-state index contributed by atoms with van der Waals surface area (Å²) >= 11 is 0. The Morgan fingerprint density at radius 1 is 1.00 bits per heavy atom. The first-order valence-electron chi connectivity index (χ1n) is 5.95. The van der Waals surface area contributed by atoms with Crippen molar-refractivity contribution in [2.24, 2.45) is 7.05 Å². The van der Waals surface area contributed by atoms with E-state index in [1.165, 1.54) is 21.3 Å². The fourth-order valence-electron chi connectivity index (χ4n) is 2.43. The van der Waals surface area contributed by atoms with Crippen LogP contribution in [0.15, 0.2) is 29.1 Å². The molecule has 2 aromatic rings. The third-order valence-electron chi connectivity index (χ3n) is 3.27. The van der Waals surface area contributed by atoms with Gasteiger partial charge < -0.3 is 5.73 Å². The van der Waals surface area contributed by atoms with Gasteiger partial charge >= 0.3 is 0 Å². The zero-order chi connectivity index (χ0) is 13.4. The predicted molar refractivity (Wildman–Crippen MR) is 75.7 cm³/mol. The number of benzene rings is 1. The summed E-state index contributed by atoms with van der Waals surface area (Å²) in [5.74, 6) is 0.483. The number of pyridine rings is 1. The summed E-state index contributed by atoms with van der Waals surface area (Å²) in [6.45, 7) is 6.19. The number of aromatic nitrogens is 1. The SMILES string of the molecule is Cc1cc(C)c(-c2cc(N)n(C)c(=O)c2)c(C)c1. The van der Waals surface area contributed by atoms with Crippen molar-refractivity contribution in [1.29, 1.82) is 0 Å². The highest BCUT2D eigenvalue weighted by Crippen LogP contribution is 2.28. The third kappa shape index (κ3) is 2.04. The molecule has 18 heavy (non-hydrogen) atoms. The van der Waals surface area contributed by atoms with Crippen LogP contribution in [-0.4, -0.2) is 4.57 Å². The number of rotatable bonds is 1. The second-order valence-corrected chi connectivity index (χ2v) is 4.84. The molecule has 0 aliphatic heterocycles. The fourth-order valence-corrected chi connectivity index (χ4v) is 2.43. The van der Waals surface area contributed by atoms with Crippen molar-refractivity contribution in [3.8, 4) is 11.1 Å². The van der Waals surface area contributed by atoms with Crippen LogP contribution in [0.3, 0.4) is 0 Å². The van der Waals surface area contributed by atoms with Gasteiger partial charge in [-0.25, -0.2) is 0 Å². The van der Waals surface area contributed by atoms with E-state index in [0.717, 1.165) is 11.1 Å². The van der Waals surface area contributed by atoms with Gasteiger partial charge in [0.05, 0.1) is 0 Å². The van der Waals surface area contributed by atoms with Crippen LogP contribution < -0.4 is 11.3 Å². The number of aryl methyl sites for hydroxylation is 3. The molecule has 1 heterocycles. The van der Waals surface area contributed by atoms with Crippen molar-refractivity contribution in [3.05, 3.63) is 51.3 Å².